The maximum atomic E-state index is 13.0. The number of fused-ring (bicyclic) bond motifs is 2. The van der Waals surface area contributed by atoms with E-state index in [0.717, 1.165) is 53.4 Å². The van der Waals surface area contributed by atoms with Crippen molar-refractivity contribution in [1.82, 2.24) is 19.9 Å². The van der Waals surface area contributed by atoms with Crippen molar-refractivity contribution in [2.45, 2.75) is 75.1 Å². The first-order valence-electron chi connectivity index (χ1n) is 25.9. The lowest BCUT2D eigenvalue weighted by Crippen LogP contribution is -2.28. The number of rotatable bonds is 16. The predicted octanol–water partition coefficient (Wildman–Crippen LogP) is 10.5. The molecular weight excluding hydrogens is 1060 g/mol. The lowest BCUT2D eigenvalue weighted by Gasteiger charge is -2.30. The Morgan fingerprint density at radius 1 is 0.526 bits per heavy atom. The predicted molar refractivity (Wildman–Crippen MR) is 301 cm³/mol. The standard InChI is InChI=1S/2C30H28N2O5S2/c2*1-18-31-15-29(38-18)20-6-8-22(32-14-20)12-21-16-37-28-13-19(7-11-26(28)30(21)34)24-4-2-3-5-25(24)27(33)17-39(35,36)23-9-10-23/h2*2-8,11,13-15,21,23,30,34H,9-10,12,16-17H2,1H3/t2*21-,30+/m10/s1. The normalized spacial score (nSPS) is 18.8. The monoisotopic (exact) mass is 1120 g/mol. The Kier molecular flexibility index (Phi) is 15.1. The molecule has 0 saturated heterocycles. The van der Waals surface area contributed by atoms with Crippen LogP contribution in [0.5, 0.6) is 11.5 Å². The summed E-state index contributed by atoms with van der Waals surface area (Å²) in [6.07, 6.45) is 9.61. The summed E-state index contributed by atoms with van der Waals surface area (Å²) in [5.74, 6) is -0.950. The number of ketones is 2. The van der Waals surface area contributed by atoms with Crippen molar-refractivity contribution in [3.05, 3.63) is 178 Å². The first-order chi connectivity index (χ1) is 37.6. The van der Waals surface area contributed by atoms with Crippen molar-refractivity contribution in [2.24, 2.45) is 11.8 Å². The number of hydrogen-bond donors (Lipinski definition) is 2. The summed E-state index contributed by atoms with van der Waals surface area (Å²) in [5, 5.41) is 23.6. The molecule has 6 heterocycles. The van der Waals surface area contributed by atoms with Crippen LogP contribution in [0.15, 0.2) is 134 Å². The number of carbonyl (C=O) groups is 2. The van der Waals surface area contributed by atoms with Gasteiger partial charge in [-0.05, 0) is 98.9 Å². The molecule has 0 unspecified atom stereocenters. The van der Waals surface area contributed by atoms with Crippen LogP contribution in [0.4, 0.5) is 0 Å². The van der Waals surface area contributed by atoms with E-state index >= 15 is 0 Å². The third-order valence-corrected chi connectivity index (χ3v) is 20.9. The van der Waals surface area contributed by atoms with E-state index in [9.17, 15) is 36.6 Å². The molecule has 2 fully saturated rings. The molecule has 0 spiro atoms. The Labute approximate surface area is 461 Å². The smallest absolute Gasteiger partial charge is 0.178 e. The Morgan fingerprint density at radius 3 is 1.28 bits per heavy atom. The van der Waals surface area contributed by atoms with Gasteiger partial charge in [0, 0.05) is 81.4 Å². The number of carbonyl (C=O) groups excluding carboxylic acids is 2. The van der Waals surface area contributed by atoms with E-state index in [-0.39, 0.29) is 22.3 Å². The third-order valence-electron chi connectivity index (χ3n) is 14.7. The van der Waals surface area contributed by atoms with Crippen LogP contribution < -0.4 is 9.47 Å². The number of hydrogen-bond acceptors (Lipinski definition) is 16. The topological polar surface area (TPSA) is 213 Å². The van der Waals surface area contributed by atoms with Gasteiger partial charge in [-0.25, -0.2) is 26.8 Å². The highest BCUT2D eigenvalue weighted by atomic mass is 32.2. The van der Waals surface area contributed by atoms with Gasteiger partial charge in [-0.3, -0.25) is 19.6 Å². The second-order valence-corrected chi connectivity index (χ2v) is 27.5. The van der Waals surface area contributed by atoms with Gasteiger partial charge in [-0.2, -0.15) is 0 Å². The molecule has 2 saturated carbocycles. The maximum Gasteiger partial charge on any atom is 0.178 e. The number of benzene rings is 4. The van der Waals surface area contributed by atoms with E-state index in [4.69, 9.17) is 9.47 Å². The van der Waals surface area contributed by atoms with Gasteiger partial charge in [0.05, 0.1) is 55.7 Å². The quantitative estimate of drug-likeness (QED) is 0.0862. The summed E-state index contributed by atoms with van der Waals surface area (Å²) in [5.41, 5.74) is 8.69. The zero-order valence-electron chi connectivity index (χ0n) is 42.8. The van der Waals surface area contributed by atoms with Crippen LogP contribution in [0.2, 0.25) is 0 Å². The number of ether oxygens (including phenoxy) is 2. The number of Topliss-reactive ketones (excluding diaryl/α,β-unsaturated/α-hetero) is 2. The Hall–Kier alpha value is -6.80. The van der Waals surface area contributed by atoms with Crippen LogP contribution in [0.1, 0.15) is 91.1 Å². The molecule has 2 N–H and O–H groups in total. The van der Waals surface area contributed by atoms with Crippen molar-refractivity contribution < 1.29 is 46.1 Å². The zero-order chi connectivity index (χ0) is 54.3. The summed E-state index contributed by atoms with van der Waals surface area (Å²) in [6.45, 7) is 4.61. The second kappa shape index (κ2) is 22.1. The van der Waals surface area contributed by atoms with Gasteiger partial charge < -0.3 is 19.7 Å². The average Bonchev–Trinajstić information content (AvgIpc) is 4.44. The van der Waals surface area contributed by atoms with E-state index in [1.54, 1.807) is 46.9 Å². The number of sulfone groups is 2. The minimum absolute atomic E-state index is 0.158. The fraction of sp³-hybridized carbons (Fsp3) is 0.300. The van der Waals surface area contributed by atoms with Crippen LogP contribution >= 0.6 is 22.7 Å². The molecule has 0 bridgehead atoms. The van der Waals surface area contributed by atoms with E-state index < -0.39 is 55.0 Å². The van der Waals surface area contributed by atoms with Gasteiger partial charge in [0.2, 0.25) is 0 Å². The highest BCUT2D eigenvalue weighted by molar-refractivity contribution is 7.93. The summed E-state index contributed by atoms with van der Waals surface area (Å²) < 4.78 is 61.8. The minimum Gasteiger partial charge on any atom is -0.493 e. The van der Waals surface area contributed by atoms with Crippen LogP contribution in [-0.2, 0) is 32.5 Å². The molecule has 2 aliphatic carbocycles. The summed E-state index contributed by atoms with van der Waals surface area (Å²) in [6, 6.07) is 33.1. The Bertz CT molecular complexity index is 3530. The van der Waals surface area contributed by atoms with E-state index in [1.165, 1.54) is 0 Å². The van der Waals surface area contributed by atoms with Crippen molar-refractivity contribution in [3.8, 4) is 54.6 Å². The number of aryl methyl sites for hydroxylation is 2. The van der Waals surface area contributed by atoms with Crippen LogP contribution in [0, 0.1) is 25.7 Å². The first kappa shape index (κ1) is 53.2. The van der Waals surface area contributed by atoms with Crippen molar-refractivity contribution in [3.63, 3.8) is 0 Å². The molecule has 8 aromatic rings. The number of aliphatic hydroxyl groups excluding tert-OH is 2. The highest BCUT2D eigenvalue weighted by Gasteiger charge is 2.39. The summed E-state index contributed by atoms with van der Waals surface area (Å²) in [7, 11) is -6.84. The molecule has 4 aromatic heterocycles. The zero-order valence-corrected chi connectivity index (χ0v) is 46.1. The number of pyridine rings is 2. The van der Waals surface area contributed by atoms with Gasteiger partial charge in [-0.1, -0.05) is 84.9 Å². The second-order valence-electron chi connectivity index (χ2n) is 20.5. The fourth-order valence-electron chi connectivity index (χ4n) is 10.0. The third kappa shape index (κ3) is 11.8. The molecule has 12 rings (SSSR count). The summed E-state index contributed by atoms with van der Waals surface area (Å²) >= 11 is 3.25. The molecule has 4 atom stereocenters. The van der Waals surface area contributed by atoms with E-state index in [1.807, 2.05) is 124 Å². The lowest BCUT2D eigenvalue weighted by molar-refractivity contribution is 0.0501. The van der Waals surface area contributed by atoms with Crippen molar-refractivity contribution >= 4 is 53.9 Å². The molecule has 4 aliphatic rings. The highest BCUT2D eigenvalue weighted by Crippen LogP contribution is 2.42. The minimum atomic E-state index is -3.42. The molecule has 14 nitrogen and oxygen atoms in total. The van der Waals surface area contributed by atoms with E-state index in [2.05, 4.69) is 19.9 Å². The van der Waals surface area contributed by atoms with Crippen LogP contribution in [0.3, 0.4) is 0 Å². The average molecular weight is 1120 g/mol. The fourth-order valence-corrected chi connectivity index (χ4v) is 14.8. The van der Waals surface area contributed by atoms with Gasteiger partial charge in [0.1, 0.15) is 23.0 Å². The van der Waals surface area contributed by atoms with Gasteiger partial charge in [-0.15, -0.1) is 22.7 Å². The molecule has 400 valence electrons. The molecule has 4 aromatic carbocycles. The van der Waals surface area contributed by atoms with Gasteiger partial charge in [0.15, 0.2) is 31.2 Å². The van der Waals surface area contributed by atoms with Crippen LogP contribution in [-0.4, -0.2) is 93.8 Å². The van der Waals surface area contributed by atoms with Gasteiger partial charge >= 0.3 is 0 Å². The Morgan fingerprint density at radius 2 is 0.923 bits per heavy atom. The Balaban J connectivity index is 0.000000165. The molecule has 0 amide bonds. The molecule has 78 heavy (non-hydrogen) atoms. The molecular formula is C60H56N4O10S4. The number of aromatic nitrogens is 4. The van der Waals surface area contributed by atoms with Gasteiger partial charge in [0.25, 0.3) is 0 Å². The van der Waals surface area contributed by atoms with E-state index in [0.29, 0.717) is 96.6 Å². The molecule has 0 radical (unpaired) electrons. The molecule has 2 aliphatic heterocycles. The SMILES string of the molecule is Cc1ncc(-c2ccc(C[C@@H]3COc4cc(-c5ccccc5C(=O)CS(=O)(=O)C5CC5)ccc4[C@H]3O)nc2)s1.Cc1ncc(-c2ccc(C[C@H]3COc4cc(-c5ccccc5C(=O)CS(=O)(=O)C5CC5)ccc4[C@@H]3O)nc2)s1. The number of thiazole rings is 2. The van der Waals surface area contributed by atoms with Crippen molar-refractivity contribution in [2.75, 3.05) is 24.7 Å². The molecule has 18 heteroatoms. The van der Waals surface area contributed by atoms with Crippen molar-refractivity contribution in [1.29, 1.82) is 0 Å². The number of aliphatic hydroxyl groups is 2. The number of nitrogens with zero attached hydrogens (tertiary/aromatic N) is 4. The first-order valence-corrected chi connectivity index (χ1v) is 31.0. The lowest BCUT2D eigenvalue weighted by atomic mass is 9.88. The largest absolute Gasteiger partial charge is 0.493 e. The maximum absolute atomic E-state index is 13.0. The summed E-state index contributed by atoms with van der Waals surface area (Å²) in [4.78, 5) is 45.9. The van der Waals surface area contributed by atoms with Crippen LogP contribution in [0.25, 0.3) is 43.1 Å².